The topological polar surface area (TPSA) is 25.2 Å². The van der Waals surface area contributed by atoms with Crippen molar-refractivity contribution in [3.8, 4) is 11.3 Å². The molecule has 0 spiro atoms. The van der Waals surface area contributed by atoms with Crippen LogP contribution >= 0.6 is 15.9 Å². The lowest BCUT2D eigenvalue weighted by Gasteiger charge is -1.96. The van der Waals surface area contributed by atoms with E-state index in [4.69, 9.17) is 4.42 Å². The second kappa shape index (κ2) is 6.57. The van der Waals surface area contributed by atoms with E-state index in [1.165, 1.54) is 0 Å². The summed E-state index contributed by atoms with van der Waals surface area (Å²) in [5.41, 5.74) is 1.09. The van der Waals surface area contributed by atoms with Gasteiger partial charge in [0.05, 0.1) is 0 Å². The molecule has 0 aliphatic carbocycles. The smallest absolute Gasteiger partial charge is 0.134 e. The van der Waals surface area contributed by atoms with E-state index in [0.717, 1.165) is 34.6 Å². The van der Waals surface area contributed by atoms with Gasteiger partial charge in [-0.05, 0) is 36.9 Å². The Hall–Kier alpha value is -1.32. The fourth-order valence-electron chi connectivity index (χ4n) is 1.61. The van der Waals surface area contributed by atoms with Gasteiger partial charge in [0.1, 0.15) is 11.5 Å². The van der Waals surface area contributed by atoms with Gasteiger partial charge in [-0.3, -0.25) is 0 Å². The molecule has 0 saturated carbocycles. The van der Waals surface area contributed by atoms with E-state index in [1.54, 1.807) is 0 Å². The van der Waals surface area contributed by atoms with Crippen LogP contribution in [0.15, 0.2) is 51.4 Å². The predicted molar refractivity (Wildman–Crippen MR) is 79.4 cm³/mol. The zero-order valence-corrected chi connectivity index (χ0v) is 11.9. The summed E-state index contributed by atoms with van der Waals surface area (Å²) in [6.45, 7) is 3.93. The molecule has 18 heavy (non-hydrogen) atoms. The highest BCUT2D eigenvalue weighted by atomic mass is 79.9. The molecule has 1 N–H and O–H groups in total. The van der Waals surface area contributed by atoms with E-state index < -0.39 is 0 Å². The van der Waals surface area contributed by atoms with E-state index in [0.29, 0.717) is 0 Å². The average Bonchev–Trinajstić information content (AvgIpc) is 2.84. The van der Waals surface area contributed by atoms with Crippen LogP contribution in [-0.4, -0.2) is 13.1 Å². The Morgan fingerprint density at radius 1 is 1.17 bits per heavy atom. The molecular formula is C15H16BrNO. The molecule has 2 rings (SSSR count). The fraction of sp³-hybridized carbons (Fsp3) is 0.200. The van der Waals surface area contributed by atoms with Crippen molar-refractivity contribution in [2.45, 2.75) is 6.92 Å². The first kappa shape index (κ1) is 13.1. The number of nitrogens with one attached hydrogen (secondary N) is 1. The lowest BCUT2D eigenvalue weighted by molar-refractivity contribution is 0.571. The molecule has 2 nitrogen and oxygen atoms in total. The van der Waals surface area contributed by atoms with E-state index in [1.807, 2.05) is 42.5 Å². The van der Waals surface area contributed by atoms with Crippen molar-refractivity contribution >= 4 is 22.0 Å². The van der Waals surface area contributed by atoms with Gasteiger partial charge in [0.25, 0.3) is 0 Å². The van der Waals surface area contributed by atoms with Crippen LogP contribution in [0.2, 0.25) is 0 Å². The van der Waals surface area contributed by atoms with Crippen LogP contribution in [0.5, 0.6) is 0 Å². The van der Waals surface area contributed by atoms with Gasteiger partial charge in [-0.1, -0.05) is 41.1 Å². The molecule has 0 atom stereocenters. The maximum atomic E-state index is 5.76. The molecule has 0 aliphatic rings. The second-order valence-corrected chi connectivity index (χ2v) is 4.83. The molecule has 3 heteroatoms. The standard InChI is InChI=1S/C15H16BrNO/c1-2-17-11-3-4-14-9-10-15(18-14)12-5-7-13(16)8-6-12/h3-10,17H,2,11H2,1H3. The van der Waals surface area contributed by atoms with Crippen LogP contribution in [0.3, 0.4) is 0 Å². The summed E-state index contributed by atoms with van der Waals surface area (Å²) in [6, 6.07) is 12.1. The zero-order valence-electron chi connectivity index (χ0n) is 10.3. The minimum atomic E-state index is 0.866. The van der Waals surface area contributed by atoms with E-state index >= 15 is 0 Å². The third-order valence-electron chi connectivity index (χ3n) is 2.55. The normalized spacial score (nSPS) is 11.2. The molecule has 94 valence electrons. The number of furan rings is 1. The molecule has 0 unspecified atom stereocenters. The lowest BCUT2D eigenvalue weighted by Crippen LogP contribution is -2.11. The number of likely N-dealkylation sites (N-methyl/N-ethyl adjacent to an activating group) is 1. The van der Waals surface area contributed by atoms with Crippen molar-refractivity contribution in [1.29, 1.82) is 0 Å². The van der Waals surface area contributed by atoms with Gasteiger partial charge in [0.2, 0.25) is 0 Å². The quantitative estimate of drug-likeness (QED) is 0.832. The molecule has 0 saturated heterocycles. The minimum absolute atomic E-state index is 0.866. The number of hydrogen-bond acceptors (Lipinski definition) is 2. The summed E-state index contributed by atoms with van der Waals surface area (Å²) >= 11 is 3.42. The minimum Gasteiger partial charge on any atom is -0.457 e. The van der Waals surface area contributed by atoms with Crippen LogP contribution < -0.4 is 5.32 Å². The predicted octanol–water partition coefficient (Wildman–Crippen LogP) is 4.33. The second-order valence-electron chi connectivity index (χ2n) is 3.92. The van der Waals surface area contributed by atoms with E-state index in [-0.39, 0.29) is 0 Å². The number of benzene rings is 1. The molecular weight excluding hydrogens is 290 g/mol. The molecule has 1 aromatic heterocycles. The van der Waals surface area contributed by atoms with Crippen molar-refractivity contribution in [2.75, 3.05) is 13.1 Å². The largest absolute Gasteiger partial charge is 0.457 e. The first-order valence-electron chi connectivity index (χ1n) is 6.02. The summed E-state index contributed by atoms with van der Waals surface area (Å²) in [4.78, 5) is 0. The number of rotatable bonds is 5. The molecule has 0 aliphatic heterocycles. The third kappa shape index (κ3) is 3.59. The molecule has 0 amide bonds. The van der Waals surface area contributed by atoms with Gasteiger partial charge in [0.15, 0.2) is 0 Å². The van der Waals surface area contributed by atoms with E-state index in [9.17, 15) is 0 Å². The lowest BCUT2D eigenvalue weighted by atomic mass is 10.2. The van der Waals surface area contributed by atoms with Crippen molar-refractivity contribution in [2.24, 2.45) is 0 Å². The van der Waals surface area contributed by atoms with Gasteiger partial charge in [-0.2, -0.15) is 0 Å². The summed E-state index contributed by atoms with van der Waals surface area (Å²) in [7, 11) is 0. The van der Waals surface area contributed by atoms with Crippen LogP contribution in [0.25, 0.3) is 17.4 Å². The molecule has 0 bridgehead atoms. The Bertz CT molecular complexity index is 514. The molecule has 2 aromatic rings. The van der Waals surface area contributed by atoms with Crippen LogP contribution in [0.1, 0.15) is 12.7 Å². The Balaban J connectivity index is 2.06. The fourth-order valence-corrected chi connectivity index (χ4v) is 1.88. The van der Waals surface area contributed by atoms with Gasteiger partial charge in [0, 0.05) is 16.6 Å². The van der Waals surface area contributed by atoms with Crippen molar-refractivity contribution in [3.05, 3.63) is 52.7 Å². The van der Waals surface area contributed by atoms with Crippen molar-refractivity contribution < 1.29 is 4.42 Å². The van der Waals surface area contributed by atoms with E-state index in [2.05, 4.69) is 34.2 Å². The maximum absolute atomic E-state index is 5.76. The summed E-state index contributed by atoms with van der Waals surface area (Å²) in [5, 5.41) is 3.23. The van der Waals surface area contributed by atoms with Crippen molar-refractivity contribution in [1.82, 2.24) is 5.32 Å². The van der Waals surface area contributed by atoms with Gasteiger partial charge < -0.3 is 9.73 Å². The summed E-state index contributed by atoms with van der Waals surface area (Å²) in [6.07, 6.45) is 4.05. The number of halogens is 1. The Morgan fingerprint density at radius 3 is 2.67 bits per heavy atom. The first-order valence-corrected chi connectivity index (χ1v) is 6.82. The highest BCUT2D eigenvalue weighted by molar-refractivity contribution is 9.10. The summed E-state index contributed by atoms with van der Waals surface area (Å²) < 4.78 is 6.83. The van der Waals surface area contributed by atoms with Crippen LogP contribution in [-0.2, 0) is 0 Å². The van der Waals surface area contributed by atoms with Gasteiger partial charge in [-0.25, -0.2) is 0 Å². The monoisotopic (exact) mass is 305 g/mol. The van der Waals surface area contributed by atoms with Crippen LogP contribution in [0.4, 0.5) is 0 Å². The first-order chi connectivity index (χ1) is 8.79. The third-order valence-corrected chi connectivity index (χ3v) is 3.08. The Labute approximate surface area is 116 Å². The highest BCUT2D eigenvalue weighted by Crippen LogP contribution is 2.24. The van der Waals surface area contributed by atoms with Gasteiger partial charge >= 0.3 is 0 Å². The maximum Gasteiger partial charge on any atom is 0.134 e. The summed E-state index contributed by atoms with van der Waals surface area (Å²) in [5.74, 6) is 1.77. The van der Waals surface area contributed by atoms with Gasteiger partial charge in [-0.15, -0.1) is 0 Å². The zero-order chi connectivity index (χ0) is 12.8. The average molecular weight is 306 g/mol. The highest BCUT2D eigenvalue weighted by Gasteiger charge is 2.02. The molecule has 1 aromatic carbocycles. The molecule has 1 heterocycles. The molecule has 0 fully saturated rings. The van der Waals surface area contributed by atoms with Crippen LogP contribution in [0, 0.1) is 0 Å². The molecule has 0 radical (unpaired) electrons. The Kier molecular flexibility index (Phi) is 4.79. The number of hydrogen-bond donors (Lipinski definition) is 1. The van der Waals surface area contributed by atoms with Crippen molar-refractivity contribution in [3.63, 3.8) is 0 Å². The Morgan fingerprint density at radius 2 is 1.94 bits per heavy atom. The SMILES string of the molecule is CCNCC=Cc1ccc(-c2ccc(Br)cc2)o1.